The number of nitrogens with one attached hydrogen (secondary N) is 2. The van der Waals surface area contributed by atoms with Crippen LogP contribution >= 0.6 is 0 Å². The summed E-state index contributed by atoms with van der Waals surface area (Å²) in [5.41, 5.74) is 3.19. The zero-order valence-electron chi connectivity index (χ0n) is 17.2. The molecule has 6 heteroatoms. The van der Waals surface area contributed by atoms with Crippen molar-refractivity contribution >= 4 is 11.9 Å². The average molecular weight is 395 g/mol. The van der Waals surface area contributed by atoms with Crippen molar-refractivity contribution in [3.8, 4) is 0 Å². The van der Waals surface area contributed by atoms with Crippen LogP contribution in [0.25, 0.3) is 0 Å². The van der Waals surface area contributed by atoms with Crippen molar-refractivity contribution in [1.29, 1.82) is 0 Å². The van der Waals surface area contributed by atoms with Gasteiger partial charge in [-0.05, 0) is 37.2 Å². The van der Waals surface area contributed by atoms with Crippen molar-refractivity contribution in [3.63, 3.8) is 0 Å². The first-order valence-corrected chi connectivity index (χ1v) is 10.1. The van der Waals surface area contributed by atoms with Crippen molar-refractivity contribution in [2.24, 2.45) is 0 Å². The van der Waals surface area contributed by atoms with Gasteiger partial charge in [0.2, 0.25) is 5.91 Å². The first-order chi connectivity index (χ1) is 14.0. The van der Waals surface area contributed by atoms with Crippen LogP contribution in [-0.4, -0.2) is 48.9 Å². The summed E-state index contributed by atoms with van der Waals surface area (Å²) in [6.45, 7) is 2.63. The van der Waals surface area contributed by atoms with E-state index in [-0.39, 0.29) is 18.0 Å². The first kappa shape index (κ1) is 20.9. The maximum absolute atomic E-state index is 12.5. The highest BCUT2D eigenvalue weighted by Gasteiger charge is 2.20. The molecule has 1 saturated heterocycles. The molecule has 154 valence electrons. The molecule has 3 rings (SSSR count). The third-order valence-corrected chi connectivity index (χ3v) is 5.04. The van der Waals surface area contributed by atoms with Crippen molar-refractivity contribution in [2.75, 3.05) is 27.2 Å². The van der Waals surface area contributed by atoms with E-state index >= 15 is 0 Å². The van der Waals surface area contributed by atoms with E-state index in [0.29, 0.717) is 19.5 Å². The molecule has 0 bridgehead atoms. The van der Waals surface area contributed by atoms with Gasteiger partial charge in [0.15, 0.2) is 0 Å². The van der Waals surface area contributed by atoms with E-state index in [2.05, 4.69) is 21.6 Å². The van der Waals surface area contributed by atoms with Crippen molar-refractivity contribution in [2.45, 2.75) is 32.0 Å². The first-order valence-electron chi connectivity index (χ1n) is 10.1. The van der Waals surface area contributed by atoms with E-state index in [9.17, 15) is 9.59 Å². The molecule has 0 spiro atoms. The molecule has 1 fully saturated rings. The normalized spacial score (nSPS) is 14.9. The Kier molecular flexibility index (Phi) is 7.25. The molecule has 0 aliphatic carbocycles. The van der Waals surface area contributed by atoms with E-state index in [1.54, 1.807) is 0 Å². The number of hydrogen-bond acceptors (Lipinski definition) is 3. The Bertz CT molecular complexity index is 823. The lowest BCUT2D eigenvalue weighted by molar-refractivity contribution is -0.128. The molecule has 29 heavy (non-hydrogen) atoms. The molecule has 1 heterocycles. The lowest BCUT2D eigenvalue weighted by atomic mass is 10.1. The Balaban J connectivity index is 1.55. The lowest BCUT2D eigenvalue weighted by Gasteiger charge is -2.23. The van der Waals surface area contributed by atoms with Crippen LogP contribution < -0.4 is 10.6 Å². The highest BCUT2D eigenvalue weighted by atomic mass is 16.2. The molecular weight excluding hydrogens is 364 g/mol. The number of likely N-dealkylation sites (N-methyl/N-ethyl adjacent to an activating group) is 1. The highest BCUT2D eigenvalue weighted by molar-refractivity contribution is 5.78. The Morgan fingerprint density at radius 1 is 1.10 bits per heavy atom. The third kappa shape index (κ3) is 6.32. The zero-order chi connectivity index (χ0) is 20.6. The summed E-state index contributed by atoms with van der Waals surface area (Å²) in [5.74, 6) is 0.223. The van der Waals surface area contributed by atoms with Crippen LogP contribution in [0.1, 0.15) is 35.6 Å². The molecule has 1 atom stereocenters. The molecule has 1 aliphatic heterocycles. The Morgan fingerprint density at radius 2 is 1.86 bits per heavy atom. The number of amides is 3. The van der Waals surface area contributed by atoms with Crippen molar-refractivity contribution < 1.29 is 9.59 Å². The van der Waals surface area contributed by atoms with Gasteiger partial charge < -0.3 is 20.4 Å². The number of carbonyl (C=O) groups is 2. The summed E-state index contributed by atoms with van der Waals surface area (Å²) in [6.07, 6.45) is 1.59. The van der Waals surface area contributed by atoms with Crippen LogP contribution in [0, 0.1) is 0 Å². The minimum Gasteiger partial charge on any atom is -0.338 e. The van der Waals surface area contributed by atoms with Gasteiger partial charge in [-0.15, -0.1) is 0 Å². The second-order valence-corrected chi connectivity index (χ2v) is 7.79. The maximum Gasteiger partial charge on any atom is 0.315 e. The monoisotopic (exact) mass is 394 g/mol. The fraction of sp³-hybridized carbons (Fsp3) is 0.391. The smallest absolute Gasteiger partial charge is 0.315 e. The molecule has 0 saturated carbocycles. The predicted octanol–water partition coefficient (Wildman–Crippen LogP) is 2.91. The van der Waals surface area contributed by atoms with Crippen molar-refractivity contribution in [3.05, 3.63) is 71.3 Å². The summed E-state index contributed by atoms with van der Waals surface area (Å²) < 4.78 is 0. The van der Waals surface area contributed by atoms with Crippen LogP contribution in [-0.2, 0) is 17.9 Å². The largest absolute Gasteiger partial charge is 0.338 e. The fourth-order valence-corrected chi connectivity index (χ4v) is 3.61. The highest BCUT2D eigenvalue weighted by Crippen LogP contribution is 2.16. The zero-order valence-corrected chi connectivity index (χ0v) is 17.2. The van der Waals surface area contributed by atoms with Gasteiger partial charge in [0.1, 0.15) is 0 Å². The summed E-state index contributed by atoms with van der Waals surface area (Å²) in [7, 11) is 3.98. The lowest BCUT2D eigenvalue weighted by Crippen LogP contribution is -2.41. The average Bonchev–Trinajstić information content (AvgIpc) is 3.11. The maximum atomic E-state index is 12.5. The van der Waals surface area contributed by atoms with E-state index in [1.165, 1.54) is 0 Å². The molecule has 6 nitrogen and oxygen atoms in total. The summed E-state index contributed by atoms with van der Waals surface area (Å²) in [5, 5.41) is 6.02. The molecule has 0 radical (unpaired) electrons. The standard InChI is InChI=1S/C23H30N4O2/c1-26(2)17-21(20-10-4-3-5-11-20)25-23(29)24-15-18-8-6-9-19(14-18)16-27-13-7-12-22(27)28/h3-6,8-11,14,21H,7,12-13,15-17H2,1-2H3,(H2,24,25,29). The van der Waals surface area contributed by atoms with Crippen LogP contribution in [0.4, 0.5) is 4.79 Å². The second-order valence-electron chi connectivity index (χ2n) is 7.79. The number of nitrogens with zero attached hydrogens (tertiary/aromatic N) is 2. The number of likely N-dealkylation sites (tertiary alicyclic amines) is 1. The van der Waals surface area contributed by atoms with E-state index in [0.717, 1.165) is 36.2 Å². The molecule has 2 aromatic rings. The number of urea groups is 1. The molecule has 2 aromatic carbocycles. The molecular formula is C23H30N4O2. The van der Waals surface area contributed by atoms with Gasteiger partial charge in [0.05, 0.1) is 6.04 Å². The van der Waals surface area contributed by atoms with Crippen LogP contribution in [0.2, 0.25) is 0 Å². The molecule has 2 N–H and O–H groups in total. The van der Waals surface area contributed by atoms with Crippen LogP contribution in [0.3, 0.4) is 0 Å². The Labute approximate surface area is 172 Å². The molecule has 1 aliphatic rings. The Hall–Kier alpha value is -2.86. The SMILES string of the molecule is CN(C)CC(NC(=O)NCc1cccc(CN2CCCC2=O)c1)c1ccccc1. The number of carbonyl (C=O) groups excluding carboxylic acids is 2. The van der Waals surface area contributed by atoms with E-state index in [4.69, 9.17) is 0 Å². The van der Waals surface area contributed by atoms with Crippen LogP contribution in [0.5, 0.6) is 0 Å². The third-order valence-electron chi connectivity index (χ3n) is 5.04. The van der Waals surface area contributed by atoms with Gasteiger partial charge in [0.25, 0.3) is 0 Å². The second kappa shape index (κ2) is 10.1. The van der Waals surface area contributed by atoms with Crippen LogP contribution in [0.15, 0.2) is 54.6 Å². The van der Waals surface area contributed by atoms with E-state index < -0.39 is 0 Å². The molecule has 0 aromatic heterocycles. The topological polar surface area (TPSA) is 64.7 Å². The predicted molar refractivity (Wildman–Crippen MR) is 114 cm³/mol. The molecule has 3 amide bonds. The van der Waals surface area contributed by atoms with Crippen molar-refractivity contribution in [1.82, 2.24) is 20.4 Å². The van der Waals surface area contributed by atoms with Gasteiger partial charge in [0, 0.05) is 32.6 Å². The van der Waals surface area contributed by atoms with Gasteiger partial charge in [-0.25, -0.2) is 4.79 Å². The summed E-state index contributed by atoms with van der Waals surface area (Å²) in [4.78, 5) is 28.3. The van der Waals surface area contributed by atoms with Gasteiger partial charge in [-0.3, -0.25) is 4.79 Å². The summed E-state index contributed by atoms with van der Waals surface area (Å²) >= 11 is 0. The molecule has 1 unspecified atom stereocenters. The quantitative estimate of drug-likeness (QED) is 0.724. The summed E-state index contributed by atoms with van der Waals surface area (Å²) in [6, 6.07) is 17.8. The van der Waals surface area contributed by atoms with Gasteiger partial charge >= 0.3 is 6.03 Å². The van der Waals surface area contributed by atoms with E-state index in [1.807, 2.05) is 67.5 Å². The number of rotatable bonds is 8. The minimum atomic E-state index is -0.194. The fourth-order valence-electron chi connectivity index (χ4n) is 3.61. The Morgan fingerprint density at radius 3 is 2.55 bits per heavy atom. The van der Waals surface area contributed by atoms with Gasteiger partial charge in [-0.1, -0.05) is 54.6 Å². The number of hydrogen-bond donors (Lipinski definition) is 2. The number of benzene rings is 2. The van der Waals surface area contributed by atoms with Gasteiger partial charge in [-0.2, -0.15) is 0 Å². The minimum absolute atomic E-state index is 0.0845.